The molecule has 0 fully saturated rings. The molecule has 0 radical (unpaired) electrons. The highest BCUT2D eigenvalue weighted by Crippen LogP contribution is 2.14. The van der Waals surface area contributed by atoms with E-state index in [2.05, 4.69) is 20.3 Å². The smallest absolute Gasteiger partial charge is 0.334 e. The third-order valence-corrected chi connectivity index (χ3v) is 4.62. The molecule has 4 rings (SSSR count). The number of rotatable bonds is 4. The summed E-state index contributed by atoms with van der Waals surface area (Å²) >= 11 is 0. The minimum absolute atomic E-state index is 0.0596. The van der Waals surface area contributed by atoms with E-state index in [4.69, 9.17) is 0 Å². The summed E-state index contributed by atoms with van der Waals surface area (Å²) in [5, 5.41) is 2.96. The Kier molecular flexibility index (Phi) is 4.86. The molecule has 152 valence electrons. The summed E-state index contributed by atoms with van der Waals surface area (Å²) < 4.78 is 27.7. The van der Waals surface area contributed by atoms with E-state index >= 15 is 0 Å². The maximum absolute atomic E-state index is 13.3. The lowest BCUT2D eigenvalue weighted by molar-refractivity contribution is 0.580. The van der Waals surface area contributed by atoms with E-state index < -0.39 is 22.9 Å². The number of halogens is 2. The summed E-state index contributed by atoms with van der Waals surface area (Å²) in [5.41, 5.74) is 1.52. The highest BCUT2D eigenvalue weighted by atomic mass is 19.1. The number of aromatic nitrogens is 4. The maximum atomic E-state index is 13.3. The summed E-state index contributed by atoms with van der Waals surface area (Å²) in [7, 11) is 0. The van der Waals surface area contributed by atoms with Gasteiger partial charge in [-0.3, -0.25) is 9.78 Å². The first-order chi connectivity index (χ1) is 14.3. The third-order valence-electron chi connectivity index (χ3n) is 4.62. The van der Waals surface area contributed by atoms with E-state index in [1.807, 2.05) is 26.0 Å². The number of H-pyrrole nitrogens is 1. The molecule has 9 heteroatoms. The van der Waals surface area contributed by atoms with Gasteiger partial charge in [0.1, 0.15) is 17.0 Å². The van der Waals surface area contributed by atoms with Crippen molar-refractivity contribution in [3.8, 4) is 5.69 Å². The zero-order chi connectivity index (χ0) is 21.4. The number of hydrogen-bond donors (Lipinski definition) is 2. The van der Waals surface area contributed by atoms with Crippen molar-refractivity contribution in [2.75, 3.05) is 5.32 Å². The zero-order valence-electron chi connectivity index (χ0n) is 16.2. The Bertz CT molecular complexity index is 1370. The Hall–Kier alpha value is -3.88. The standard InChI is InChI=1S/C21H17F2N5O2/c1-11-3-4-17(12(2)5-11)28-19(29)16-10-25-20(26-18(16)27-21(28)30)24-9-13-6-14(22)8-15(23)7-13/h3-8,10H,9H2,1-2H3,(H2,24,25,26,27,30). The van der Waals surface area contributed by atoms with E-state index in [9.17, 15) is 18.4 Å². The maximum Gasteiger partial charge on any atom is 0.334 e. The van der Waals surface area contributed by atoms with Gasteiger partial charge in [-0.15, -0.1) is 0 Å². The largest absolute Gasteiger partial charge is 0.350 e. The molecule has 0 saturated heterocycles. The molecule has 0 saturated carbocycles. The SMILES string of the molecule is Cc1ccc(-n2c(=O)[nH]c3nc(NCc4cc(F)cc(F)c4)ncc3c2=O)c(C)c1. The Balaban J connectivity index is 1.71. The monoisotopic (exact) mass is 409 g/mol. The fourth-order valence-corrected chi connectivity index (χ4v) is 3.26. The van der Waals surface area contributed by atoms with Crippen LogP contribution >= 0.6 is 0 Å². The van der Waals surface area contributed by atoms with Crippen LogP contribution in [0.4, 0.5) is 14.7 Å². The molecule has 0 unspecified atom stereocenters. The van der Waals surface area contributed by atoms with Crippen molar-refractivity contribution in [3.05, 3.63) is 91.8 Å². The van der Waals surface area contributed by atoms with Crippen molar-refractivity contribution in [2.45, 2.75) is 20.4 Å². The van der Waals surface area contributed by atoms with Crippen molar-refractivity contribution in [3.63, 3.8) is 0 Å². The van der Waals surface area contributed by atoms with Gasteiger partial charge in [0, 0.05) is 18.8 Å². The van der Waals surface area contributed by atoms with E-state index in [1.54, 1.807) is 6.07 Å². The molecule has 30 heavy (non-hydrogen) atoms. The number of aryl methyl sites for hydroxylation is 2. The molecule has 0 spiro atoms. The molecule has 0 aliphatic heterocycles. The van der Waals surface area contributed by atoms with Crippen LogP contribution in [0, 0.1) is 25.5 Å². The molecule has 0 atom stereocenters. The Morgan fingerprint density at radius 2 is 1.80 bits per heavy atom. The summed E-state index contributed by atoms with van der Waals surface area (Å²) in [6.45, 7) is 3.80. The number of fused-ring (bicyclic) bond motifs is 1. The van der Waals surface area contributed by atoms with Crippen molar-refractivity contribution in [1.29, 1.82) is 0 Å². The van der Waals surface area contributed by atoms with Gasteiger partial charge in [0.15, 0.2) is 5.65 Å². The molecule has 2 N–H and O–H groups in total. The second-order valence-electron chi connectivity index (χ2n) is 6.95. The van der Waals surface area contributed by atoms with Gasteiger partial charge in [0.05, 0.1) is 5.69 Å². The van der Waals surface area contributed by atoms with Crippen LogP contribution in [0.25, 0.3) is 16.7 Å². The number of aromatic amines is 1. The highest BCUT2D eigenvalue weighted by molar-refractivity contribution is 5.73. The average Bonchev–Trinajstić information content (AvgIpc) is 2.67. The molecule has 4 aromatic rings. The highest BCUT2D eigenvalue weighted by Gasteiger charge is 2.13. The summed E-state index contributed by atoms with van der Waals surface area (Å²) in [4.78, 5) is 36.3. The molecule has 0 aliphatic rings. The quantitative estimate of drug-likeness (QED) is 0.541. The zero-order valence-corrected chi connectivity index (χ0v) is 16.2. The van der Waals surface area contributed by atoms with Crippen molar-refractivity contribution >= 4 is 17.0 Å². The first-order valence-electron chi connectivity index (χ1n) is 9.10. The van der Waals surface area contributed by atoms with Gasteiger partial charge < -0.3 is 5.32 Å². The lowest BCUT2D eigenvalue weighted by Gasteiger charge is -2.10. The molecular weight excluding hydrogens is 392 g/mol. The van der Waals surface area contributed by atoms with Gasteiger partial charge in [-0.25, -0.2) is 23.1 Å². The molecule has 2 aromatic carbocycles. The summed E-state index contributed by atoms with van der Waals surface area (Å²) in [5.74, 6) is -1.28. The second kappa shape index (κ2) is 7.51. The van der Waals surface area contributed by atoms with Crippen LogP contribution < -0.4 is 16.6 Å². The van der Waals surface area contributed by atoms with E-state index in [0.717, 1.165) is 21.8 Å². The Labute approximate surface area is 169 Å². The van der Waals surface area contributed by atoms with E-state index in [1.165, 1.54) is 18.3 Å². The molecule has 7 nitrogen and oxygen atoms in total. The fraction of sp³-hybridized carbons (Fsp3) is 0.143. The lowest BCUT2D eigenvalue weighted by atomic mass is 10.1. The minimum Gasteiger partial charge on any atom is -0.350 e. The average molecular weight is 409 g/mol. The molecule has 2 heterocycles. The normalized spacial score (nSPS) is 11.1. The topological polar surface area (TPSA) is 92.7 Å². The Morgan fingerprint density at radius 1 is 1.07 bits per heavy atom. The number of nitrogens with zero attached hydrogens (tertiary/aromatic N) is 3. The minimum atomic E-state index is -0.692. The van der Waals surface area contributed by atoms with Crippen molar-refractivity contribution in [1.82, 2.24) is 19.5 Å². The fourth-order valence-electron chi connectivity index (χ4n) is 3.26. The first-order valence-corrected chi connectivity index (χ1v) is 9.10. The predicted octanol–water partition coefficient (Wildman–Crippen LogP) is 2.98. The lowest BCUT2D eigenvalue weighted by Crippen LogP contribution is -2.34. The van der Waals surface area contributed by atoms with Crippen LogP contribution in [0.1, 0.15) is 16.7 Å². The molecule has 0 amide bonds. The summed E-state index contributed by atoms with van der Waals surface area (Å²) in [6.07, 6.45) is 1.30. The number of anilines is 1. The molecule has 0 aliphatic carbocycles. The van der Waals surface area contributed by atoms with Gasteiger partial charge in [-0.1, -0.05) is 17.7 Å². The van der Waals surface area contributed by atoms with Crippen LogP contribution in [-0.4, -0.2) is 19.5 Å². The predicted molar refractivity (Wildman–Crippen MR) is 109 cm³/mol. The van der Waals surface area contributed by atoms with Gasteiger partial charge in [-0.05, 0) is 43.2 Å². The first kappa shape index (κ1) is 19.4. The number of benzene rings is 2. The molecular formula is C21H17F2N5O2. The van der Waals surface area contributed by atoms with Crippen molar-refractivity contribution in [2.24, 2.45) is 0 Å². The molecule has 2 aromatic heterocycles. The Morgan fingerprint density at radius 3 is 2.50 bits per heavy atom. The van der Waals surface area contributed by atoms with Crippen molar-refractivity contribution < 1.29 is 8.78 Å². The van der Waals surface area contributed by atoms with Gasteiger partial charge in [-0.2, -0.15) is 4.98 Å². The third kappa shape index (κ3) is 3.69. The van der Waals surface area contributed by atoms with Gasteiger partial charge in [0.2, 0.25) is 5.95 Å². The van der Waals surface area contributed by atoms with Crippen LogP contribution in [-0.2, 0) is 6.54 Å². The number of nitrogens with one attached hydrogen (secondary N) is 2. The van der Waals surface area contributed by atoms with E-state index in [0.29, 0.717) is 11.3 Å². The van der Waals surface area contributed by atoms with Gasteiger partial charge >= 0.3 is 5.69 Å². The van der Waals surface area contributed by atoms with Crippen LogP contribution in [0.15, 0.2) is 52.2 Å². The van der Waals surface area contributed by atoms with Gasteiger partial charge in [0.25, 0.3) is 5.56 Å². The van der Waals surface area contributed by atoms with Crippen LogP contribution in [0.5, 0.6) is 0 Å². The van der Waals surface area contributed by atoms with Crippen LogP contribution in [0.2, 0.25) is 0 Å². The van der Waals surface area contributed by atoms with E-state index in [-0.39, 0.29) is 23.5 Å². The molecule has 0 bridgehead atoms. The second-order valence-corrected chi connectivity index (χ2v) is 6.95. The van der Waals surface area contributed by atoms with Crippen LogP contribution in [0.3, 0.4) is 0 Å². The summed E-state index contributed by atoms with van der Waals surface area (Å²) in [6, 6.07) is 8.55. The number of hydrogen-bond acceptors (Lipinski definition) is 5.